The Kier molecular flexibility index (Phi) is 3.65. The summed E-state index contributed by atoms with van der Waals surface area (Å²) < 4.78 is 0. The van der Waals surface area contributed by atoms with E-state index in [1.165, 1.54) is 6.21 Å². The van der Waals surface area contributed by atoms with Gasteiger partial charge < -0.3 is 11.1 Å². The zero-order chi connectivity index (χ0) is 15.7. The Hall–Kier alpha value is -2.65. The summed E-state index contributed by atoms with van der Waals surface area (Å²) in [5.74, 6) is 0. The zero-order valence-corrected chi connectivity index (χ0v) is 12.6. The highest BCUT2D eigenvalue weighted by molar-refractivity contribution is 6.35. The van der Waals surface area contributed by atoms with Crippen LogP contribution in [0.15, 0.2) is 49.0 Å². The second-order valence-corrected chi connectivity index (χ2v) is 5.37. The lowest BCUT2D eigenvalue weighted by Crippen LogP contribution is -1.94. The summed E-state index contributed by atoms with van der Waals surface area (Å²) in [4.78, 5) is 4.67. The molecule has 0 amide bonds. The predicted molar refractivity (Wildman–Crippen MR) is 94.6 cm³/mol. The number of nitrogens with one attached hydrogen (secondary N) is 1. The summed E-state index contributed by atoms with van der Waals surface area (Å²) in [6.07, 6.45) is 3.01. The third-order valence-corrected chi connectivity index (χ3v) is 3.87. The molecule has 0 bridgehead atoms. The van der Waals surface area contributed by atoms with Crippen molar-refractivity contribution < 1.29 is 0 Å². The Labute approximate surface area is 133 Å². The SMILES string of the molecule is C=Cc1ccc2c(Cl)cc(-c3ccc(N)c(C=N)c3)nc2c1. The summed E-state index contributed by atoms with van der Waals surface area (Å²) in [6, 6.07) is 13.2. The molecule has 0 radical (unpaired) electrons. The van der Waals surface area contributed by atoms with Crippen molar-refractivity contribution in [2.45, 2.75) is 0 Å². The Balaban J connectivity index is 2.22. The van der Waals surface area contributed by atoms with Gasteiger partial charge in [-0.05, 0) is 29.8 Å². The van der Waals surface area contributed by atoms with Crippen LogP contribution >= 0.6 is 11.6 Å². The normalized spacial score (nSPS) is 10.6. The van der Waals surface area contributed by atoms with E-state index in [2.05, 4.69) is 11.6 Å². The number of rotatable bonds is 3. The van der Waals surface area contributed by atoms with Gasteiger partial charge in [-0.15, -0.1) is 0 Å². The highest BCUT2D eigenvalue weighted by Gasteiger charge is 2.08. The molecular weight excluding hydrogens is 294 g/mol. The van der Waals surface area contributed by atoms with Gasteiger partial charge in [-0.25, -0.2) is 4.98 Å². The number of pyridine rings is 1. The van der Waals surface area contributed by atoms with E-state index in [4.69, 9.17) is 22.7 Å². The van der Waals surface area contributed by atoms with Crippen LogP contribution in [0.1, 0.15) is 11.1 Å². The molecule has 0 aliphatic heterocycles. The standard InChI is InChI=1S/C18H14ClN3/c1-2-11-3-5-14-15(19)9-17(22-18(14)7-11)12-4-6-16(21)13(8-12)10-20/h2-10,20H,1,21H2. The molecule has 4 heteroatoms. The molecule has 0 atom stereocenters. The molecule has 0 saturated heterocycles. The predicted octanol–water partition coefficient (Wildman–Crippen LogP) is 4.78. The molecule has 3 aromatic rings. The van der Waals surface area contributed by atoms with E-state index < -0.39 is 0 Å². The van der Waals surface area contributed by atoms with Crippen LogP contribution in [0.25, 0.3) is 28.2 Å². The van der Waals surface area contributed by atoms with Crippen LogP contribution in [-0.4, -0.2) is 11.2 Å². The Morgan fingerprint density at radius 1 is 1.14 bits per heavy atom. The fourth-order valence-electron chi connectivity index (χ4n) is 2.34. The van der Waals surface area contributed by atoms with Crippen LogP contribution in [0.3, 0.4) is 0 Å². The van der Waals surface area contributed by atoms with Crippen molar-refractivity contribution in [3.8, 4) is 11.3 Å². The number of nitrogen functional groups attached to an aromatic ring is 1. The van der Waals surface area contributed by atoms with E-state index in [0.29, 0.717) is 16.3 Å². The van der Waals surface area contributed by atoms with Crippen molar-refractivity contribution >= 4 is 40.5 Å². The summed E-state index contributed by atoms with van der Waals surface area (Å²) >= 11 is 6.38. The van der Waals surface area contributed by atoms with E-state index in [1.807, 2.05) is 36.4 Å². The van der Waals surface area contributed by atoms with Crippen molar-refractivity contribution in [1.29, 1.82) is 5.41 Å². The van der Waals surface area contributed by atoms with Gasteiger partial charge >= 0.3 is 0 Å². The van der Waals surface area contributed by atoms with Crippen molar-refractivity contribution in [1.82, 2.24) is 4.98 Å². The first kappa shape index (κ1) is 14.3. The molecule has 0 unspecified atom stereocenters. The average molecular weight is 308 g/mol. The summed E-state index contributed by atoms with van der Waals surface area (Å²) in [5.41, 5.74) is 10.5. The van der Waals surface area contributed by atoms with Crippen LogP contribution in [0.5, 0.6) is 0 Å². The van der Waals surface area contributed by atoms with Crippen LogP contribution in [0.4, 0.5) is 5.69 Å². The lowest BCUT2D eigenvalue weighted by atomic mass is 10.0. The van der Waals surface area contributed by atoms with E-state index in [1.54, 1.807) is 12.1 Å². The highest BCUT2D eigenvalue weighted by atomic mass is 35.5. The number of fused-ring (bicyclic) bond motifs is 1. The monoisotopic (exact) mass is 307 g/mol. The molecule has 0 saturated carbocycles. The van der Waals surface area contributed by atoms with E-state index in [9.17, 15) is 0 Å². The van der Waals surface area contributed by atoms with Crippen molar-refractivity contribution in [2.75, 3.05) is 5.73 Å². The van der Waals surface area contributed by atoms with Crippen LogP contribution in [-0.2, 0) is 0 Å². The van der Waals surface area contributed by atoms with Gasteiger partial charge in [0.2, 0.25) is 0 Å². The molecule has 108 valence electrons. The minimum atomic E-state index is 0.569. The van der Waals surface area contributed by atoms with Crippen LogP contribution < -0.4 is 5.73 Å². The zero-order valence-electron chi connectivity index (χ0n) is 11.8. The third-order valence-electron chi connectivity index (χ3n) is 3.56. The van der Waals surface area contributed by atoms with Gasteiger partial charge in [-0.1, -0.05) is 42.5 Å². The number of aromatic nitrogens is 1. The van der Waals surface area contributed by atoms with Gasteiger partial charge in [0, 0.05) is 28.4 Å². The number of benzene rings is 2. The molecule has 3 rings (SSSR count). The van der Waals surface area contributed by atoms with Crippen LogP contribution in [0.2, 0.25) is 5.02 Å². The maximum atomic E-state index is 7.41. The third kappa shape index (κ3) is 2.47. The molecule has 3 nitrogen and oxygen atoms in total. The largest absolute Gasteiger partial charge is 0.398 e. The van der Waals surface area contributed by atoms with Gasteiger partial charge in [0.1, 0.15) is 0 Å². The van der Waals surface area contributed by atoms with Crippen molar-refractivity contribution in [3.63, 3.8) is 0 Å². The molecule has 1 heterocycles. The van der Waals surface area contributed by atoms with Gasteiger partial charge in [-0.3, -0.25) is 0 Å². The Morgan fingerprint density at radius 2 is 1.95 bits per heavy atom. The summed E-state index contributed by atoms with van der Waals surface area (Å²) in [6.45, 7) is 3.77. The fourth-order valence-corrected chi connectivity index (χ4v) is 2.60. The second kappa shape index (κ2) is 5.62. The van der Waals surface area contributed by atoms with Crippen LogP contribution in [0, 0.1) is 5.41 Å². The topological polar surface area (TPSA) is 62.8 Å². The van der Waals surface area contributed by atoms with Gasteiger partial charge in [0.15, 0.2) is 0 Å². The minimum absolute atomic E-state index is 0.569. The number of hydrogen-bond acceptors (Lipinski definition) is 3. The van der Waals surface area contributed by atoms with Crippen molar-refractivity contribution in [2.24, 2.45) is 0 Å². The average Bonchev–Trinajstić information content (AvgIpc) is 2.54. The molecule has 3 N–H and O–H groups in total. The molecule has 0 aliphatic carbocycles. The molecule has 0 spiro atoms. The Morgan fingerprint density at radius 3 is 2.68 bits per heavy atom. The van der Waals surface area contributed by atoms with E-state index >= 15 is 0 Å². The van der Waals surface area contributed by atoms with Gasteiger partial charge in [0.25, 0.3) is 0 Å². The van der Waals surface area contributed by atoms with Gasteiger partial charge in [-0.2, -0.15) is 0 Å². The summed E-state index contributed by atoms with van der Waals surface area (Å²) in [5, 5.41) is 8.95. The number of anilines is 1. The first-order valence-corrected chi connectivity index (χ1v) is 7.13. The maximum Gasteiger partial charge on any atom is 0.0730 e. The fraction of sp³-hybridized carbons (Fsp3) is 0. The second-order valence-electron chi connectivity index (χ2n) is 4.96. The number of hydrogen-bond donors (Lipinski definition) is 2. The van der Waals surface area contributed by atoms with Gasteiger partial charge in [0.05, 0.1) is 16.2 Å². The minimum Gasteiger partial charge on any atom is -0.398 e. The molecule has 0 aliphatic rings. The number of halogens is 1. The smallest absolute Gasteiger partial charge is 0.0730 e. The van der Waals surface area contributed by atoms with E-state index in [-0.39, 0.29) is 0 Å². The first-order valence-electron chi connectivity index (χ1n) is 6.75. The lowest BCUT2D eigenvalue weighted by molar-refractivity contribution is 1.39. The lowest BCUT2D eigenvalue weighted by Gasteiger charge is -2.08. The first-order chi connectivity index (χ1) is 10.6. The number of nitrogens with zero attached hydrogens (tertiary/aromatic N) is 1. The highest BCUT2D eigenvalue weighted by Crippen LogP contribution is 2.30. The molecule has 2 aromatic carbocycles. The summed E-state index contributed by atoms with van der Waals surface area (Å²) in [7, 11) is 0. The quantitative estimate of drug-likeness (QED) is 0.540. The van der Waals surface area contributed by atoms with E-state index in [0.717, 1.165) is 27.7 Å². The Bertz CT molecular complexity index is 900. The molecule has 0 fully saturated rings. The molecular formula is C18H14ClN3. The maximum absolute atomic E-state index is 7.41. The van der Waals surface area contributed by atoms with Crippen molar-refractivity contribution in [3.05, 3.63) is 65.2 Å². The molecule has 1 aromatic heterocycles. The molecule has 22 heavy (non-hydrogen) atoms. The number of nitrogens with two attached hydrogens (primary N) is 1.